The van der Waals surface area contributed by atoms with Gasteiger partial charge in [-0.1, -0.05) is 0 Å². The van der Waals surface area contributed by atoms with Crippen LogP contribution in [0.3, 0.4) is 0 Å². The standard InChI is InChI=1S/C4H10F2N2O2S/c1-3(2-7)8-11(9,10)4(5)6/h3-4,8H,2,7H2,1H3. The number of alkyl halides is 2. The highest BCUT2D eigenvalue weighted by Gasteiger charge is 2.24. The van der Waals surface area contributed by atoms with Crippen LogP contribution >= 0.6 is 0 Å². The lowest BCUT2D eigenvalue weighted by molar-refractivity contribution is 0.231. The Hall–Kier alpha value is -0.270. The lowest BCUT2D eigenvalue weighted by Gasteiger charge is -2.10. The third-order valence-electron chi connectivity index (χ3n) is 0.954. The summed E-state index contributed by atoms with van der Waals surface area (Å²) in [6.45, 7) is 1.39. The largest absolute Gasteiger partial charge is 0.350 e. The molecule has 0 rings (SSSR count). The molecule has 1 unspecified atom stereocenters. The van der Waals surface area contributed by atoms with Gasteiger partial charge in [0.1, 0.15) is 0 Å². The lowest BCUT2D eigenvalue weighted by Crippen LogP contribution is -2.40. The summed E-state index contributed by atoms with van der Waals surface area (Å²) in [4.78, 5) is 0. The van der Waals surface area contributed by atoms with E-state index in [1.807, 2.05) is 0 Å². The first-order chi connectivity index (χ1) is 4.90. The van der Waals surface area contributed by atoms with E-state index in [0.717, 1.165) is 0 Å². The maximum atomic E-state index is 11.6. The molecule has 0 aromatic carbocycles. The van der Waals surface area contributed by atoms with Crippen LogP contribution in [0.15, 0.2) is 0 Å². The molecule has 0 bridgehead atoms. The van der Waals surface area contributed by atoms with E-state index in [1.54, 1.807) is 4.72 Å². The zero-order valence-corrected chi connectivity index (χ0v) is 6.74. The van der Waals surface area contributed by atoms with E-state index in [1.165, 1.54) is 6.92 Å². The fourth-order valence-corrected chi connectivity index (χ4v) is 1.14. The summed E-state index contributed by atoms with van der Waals surface area (Å²) in [5.74, 6) is -3.39. The van der Waals surface area contributed by atoms with Gasteiger partial charge in [0.25, 0.3) is 10.0 Å². The van der Waals surface area contributed by atoms with Crippen molar-refractivity contribution in [1.82, 2.24) is 4.72 Å². The predicted octanol–water partition coefficient (Wildman–Crippen LogP) is -0.524. The first-order valence-electron chi connectivity index (χ1n) is 2.89. The topological polar surface area (TPSA) is 72.2 Å². The van der Waals surface area contributed by atoms with Crippen LogP contribution in [0, 0.1) is 0 Å². The number of rotatable bonds is 4. The van der Waals surface area contributed by atoms with Gasteiger partial charge in [-0.2, -0.15) is 8.78 Å². The third kappa shape index (κ3) is 3.59. The second-order valence-corrected chi connectivity index (χ2v) is 3.74. The van der Waals surface area contributed by atoms with Crippen LogP contribution in [0.4, 0.5) is 8.78 Å². The number of halogens is 2. The van der Waals surface area contributed by atoms with Gasteiger partial charge in [0, 0.05) is 12.6 Å². The van der Waals surface area contributed by atoms with Crippen LogP contribution in [-0.4, -0.2) is 26.8 Å². The van der Waals surface area contributed by atoms with Crippen molar-refractivity contribution in [2.45, 2.75) is 18.7 Å². The summed E-state index contributed by atoms with van der Waals surface area (Å²) < 4.78 is 45.7. The summed E-state index contributed by atoms with van der Waals surface area (Å²) >= 11 is 0. The fourth-order valence-electron chi connectivity index (χ4n) is 0.380. The van der Waals surface area contributed by atoms with E-state index in [4.69, 9.17) is 5.73 Å². The molecule has 1 atom stereocenters. The Kier molecular flexibility index (Phi) is 3.84. The van der Waals surface area contributed by atoms with Gasteiger partial charge in [-0.05, 0) is 6.92 Å². The molecule has 0 heterocycles. The smallest absolute Gasteiger partial charge is 0.329 e. The monoisotopic (exact) mass is 188 g/mol. The summed E-state index contributed by atoms with van der Waals surface area (Å²) in [5, 5.41) is 0. The fraction of sp³-hybridized carbons (Fsp3) is 1.00. The molecule has 0 radical (unpaired) electrons. The molecule has 0 spiro atoms. The van der Waals surface area contributed by atoms with E-state index >= 15 is 0 Å². The van der Waals surface area contributed by atoms with E-state index in [-0.39, 0.29) is 6.54 Å². The molecule has 0 aliphatic heterocycles. The molecule has 3 N–H and O–H groups in total. The van der Waals surface area contributed by atoms with Crippen LogP contribution in [0.1, 0.15) is 6.92 Å². The van der Waals surface area contributed by atoms with Crippen LogP contribution in [0.5, 0.6) is 0 Å². The Balaban J connectivity index is 4.15. The Morgan fingerprint density at radius 3 is 2.27 bits per heavy atom. The van der Waals surface area contributed by atoms with Gasteiger partial charge >= 0.3 is 5.76 Å². The average Bonchev–Trinajstić information content (AvgIpc) is 1.86. The quantitative estimate of drug-likeness (QED) is 0.623. The number of hydrogen-bond acceptors (Lipinski definition) is 3. The highest BCUT2D eigenvalue weighted by Crippen LogP contribution is 2.02. The molecule has 68 valence electrons. The van der Waals surface area contributed by atoms with Crippen molar-refractivity contribution in [1.29, 1.82) is 0 Å². The van der Waals surface area contributed by atoms with Gasteiger partial charge in [-0.25, -0.2) is 13.1 Å². The minimum absolute atomic E-state index is 0.00799. The van der Waals surface area contributed by atoms with Crippen molar-refractivity contribution in [2.24, 2.45) is 5.73 Å². The Morgan fingerprint density at radius 2 is 2.00 bits per heavy atom. The zero-order chi connectivity index (χ0) is 9.07. The van der Waals surface area contributed by atoms with Crippen molar-refractivity contribution in [2.75, 3.05) is 6.54 Å². The highest BCUT2D eigenvalue weighted by molar-refractivity contribution is 7.89. The van der Waals surface area contributed by atoms with Gasteiger partial charge in [-0.15, -0.1) is 0 Å². The molecule has 11 heavy (non-hydrogen) atoms. The maximum absolute atomic E-state index is 11.6. The predicted molar refractivity (Wildman–Crippen MR) is 36.6 cm³/mol. The first kappa shape index (κ1) is 10.7. The van der Waals surface area contributed by atoms with Crippen molar-refractivity contribution < 1.29 is 17.2 Å². The molecule has 0 saturated heterocycles. The number of nitrogens with one attached hydrogen (secondary N) is 1. The Bertz CT molecular complexity index is 204. The van der Waals surface area contributed by atoms with E-state index in [9.17, 15) is 17.2 Å². The Morgan fingerprint density at radius 1 is 1.55 bits per heavy atom. The SMILES string of the molecule is CC(CN)NS(=O)(=O)C(F)F. The van der Waals surface area contributed by atoms with Gasteiger partial charge in [-0.3, -0.25) is 0 Å². The van der Waals surface area contributed by atoms with Crippen molar-refractivity contribution in [3.63, 3.8) is 0 Å². The molecule has 0 aromatic rings. The van der Waals surface area contributed by atoms with Crippen LogP contribution in [0.2, 0.25) is 0 Å². The van der Waals surface area contributed by atoms with Gasteiger partial charge in [0.2, 0.25) is 0 Å². The molecule has 0 saturated carbocycles. The van der Waals surface area contributed by atoms with Crippen LogP contribution < -0.4 is 10.5 Å². The second kappa shape index (κ2) is 3.93. The van der Waals surface area contributed by atoms with Gasteiger partial charge in [0.05, 0.1) is 0 Å². The Labute approximate surface area is 63.8 Å². The van der Waals surface area contributed by atoms with E-state index in [2.05, 4.69) is 0 Å². The number of nitrogens with two attached hydrogens (primary N) is 1. The van der Waals surface area contributed by atoms with E-state index in [0.29, 0.717) is 0 Å². The molecule has 0 aliphatic rings. The normalized spacial score (nSPS) is 15.4. The molecule has 0 aliphatic carbocycles. The molecule has 7 heteroatoms. The molecule has 0 fully saturated rings. The average molecular weight is 188 g/mol. The number of hydrogen-bond donors (Lipinski definition) is 2. The maximum Gasteiger partial charge on any atom is 0.350 e. The van der Waals surface area contributed by atoms with E-state index < -0.39 is 21.8 Å². The molecular weight excluding hydrogens is 178 g/mol. The minimum atomic E-state index is -4.47. The second-order valence-electron chi connectivity index (χ2n) is 2.06. The molecule has 4 nitrogen and oxygen atoms in total. The third-order valence-corrected chi connectivity index (χ3v) is 2.15. The van der Waals surface area contributed by atoms with Crippen molar-refractivity contribution >= 4 is 10.0 Å². The zero-order valence-electron chi connectivity index (χ0n) is 5.92. The summed E-state index contributed by atoms with van der Waals surface area (Å²) in [6, 6.07) is -0.658. The minimum Gasteiger partial charge on any atom is -0.329 e. The first-order valence-corrected chi connectivity index (χ1v) is 4.44. The van der Waals surface area contributed by atoms with Crippen LogP contribution in [-0.2, 0) is 10.0 Å². The van der Waals surface area contributed by atoms with Gasteiger partial charge < -0.3 is 5.73 Å². The molecule has 0 amide bonds. The number of sulfonamides is 1. The van der Waals surface area contributed by atoms with Crippen molar-refractivity contribution in [3.05, 3.63) is 0 Å². The van der Waals surface area contributed by atoms with Crippen LogP contribution in [0.25, 0.3) is 0 Å². The molecular formula is C4H10F2N2O2S. The summed E-state index contributed by atoms with van der Waals surface area (Å²) in [6.07, 6.45) is 0. The summed E-state index contributed by atoms with van der Waals surface area (Å²) in [5.41, 5.74) is 5.01. The van der Waals surface area contributed by atoms with Gasteiger partial charge in [0.15, 0.2) is 0 Å². The summed E-state index contributed by atoms with van der Waals surface area (Å²) in [7, 11) is -4.47. The highest BCUT2D eigenvalue weighted by atomic mass is 32.2. The molecule has 0 aromatic heterocycles. The van der Waals surface area contributed by atoms with Crippen molar-refractivity contribution in [3.8, 4) is 0 Å². The lowest BCUT2D eigenvalue weighted by atomic mass is 10.4.